The van der Waals surface area contributed by atoms with E-state index in [2.05, 4.69) is 79.3 Å². The lowest BCUT2D eigenvalue weighted by Crippen LogP contribution is -2.50. The SMILES string of the molecule is CCNC(=NCC(C)N1CCN(CC)CC1)NCC(C)c1ccc(C)cc1.I. The van der Waals surface area contributed by atoms with Gasteiger partial charge in [-0.05, 0) is 38.8 Å². The molecule has 2 atom stereocenters. The van der Waals surface area contributed by atoms with Crippen LogP contribution in [0.5, 0.6) is 0 Å². The van der Waals surface area contributed by atoms with Gasteiger partial charge in [-0.25, -0.2) is 0 Å². The molecule has 1 aliphatic rings. The lowest BCUT2D eigenvalue weighted by Gasteiger charge is -2.37. The molecule has 0 spiro atoms. The molecular weight excluding hydrogens is 461 g/mol. The summed E-state index contributed by atoms with van der Waals surface area (Å²) >= 11 is 0. The van der Waals surface area contributed by atoms with Gasteiger partial charge in [0.25, 0.3) is 0 Å². The van der Waals surface area contributed by atoms with Gasteiger partial charge >= 0.3 is 0 Å². The minimum Gasteiger partial charge on any atom is -0.357 e. The monoisotopic (exact) mass is 501 g/mol. The molecule has 0 amide bonds. The summed E-state index contributed by atoms with van der Waals surface area (Å²) in [5.74, 6) is 1.38. The van der Waals surface area contributed by atoms with E-state index in [9.17, 15) is 0 Å². The second-order valence-corrected chi connectivity index (χ2v) is 7.73. The normalized spacial score (nSPS) is 18.2. The van der Waals surface area contributed by atoms with Crippen LogP contribution >= 0.6 is 24.0 Å². The number of benzene rings is 1. The Morgan fingerprint density at radius 2 is 1.68 bits per heavy atom. The summed E-state index contributed by atoms with van der Waals surface area (Å²) in [5.41, 5.74) is 2.67. The maximum atomic E-state index is 4.85. The number of rotatable bonds is 8. The summed E-state index contributed by atoms with van der Waals surface area (Å²) in [5, 5.41) is 6.91. The molecule has 2 N–H and O–H groups in total. The third kappa shape index (κ3) is 8.25. The van der Waals surface area contributed by atoms with Crippen molar-refractivity contribution in [2.45, 2.75) is 46.6 Å². The fourth-order valence-electron chi connectivity index (χ4n) is 3.46. The fraction of sp³-hybridized carbons (Fsp3) is 0.682. The number of likely N-dealkylation sites (N-methyl/N-ethyl adjacent to an activating group) is 1. The van der Waals surface area contributed by atoms with E-state index in [1.54, 1.807) is 0 Å². The number of nitrogens with zero attached hydrogens (tertiary/aromatic N) is 3. The number of nitrogens with one attached hydrogen (secondary N) is 2. The van der Waals surface area contributed by atoms with Gasteiger partial charge < -0.3 is 15.5 Å². The van der Waals surface area contributed by atoms with E-state index >= 15 is 0 Å². The highest BCUT2D eigenvalue weighted by atomic mass is 127. The highest BCUT2D eigenvalue weighted by Gasteiger charge is 2.20. The highest BCUT2D eigenvalue weighted by molar-refractivity contribution is 14.0. The van der Waals surface area contributed by atoms with E-state index < -0.39 is 0 Å². The summed E-state index contributed by atoms with van der Waals surface area (Å²) in [6.45, 7) is 19.5. The molecule has 2 unspecified atom stereocenters. The van der Waals surface area contributed by atoms with Crippen LogP contribution in [0.1, 0.15) is 44.7 Å². The lowest BCUT2D eigenvalue weighted by molar-refractivity contribution is 0.109. The Kier molecular flexibility index (Phi) is 12.0. The van der Waals surface area contributed by atoms with Crippen LogP contribution in [0.15, 0.2) is 29.3 Å². The molecular formula is C22H40IN5. The Labute approximate surface area is 189 Å². The van der Waals surface area contributed by atoms with Crippen LogP contribution < -0.4 is 10.6 Å². The molecule has 1 fully saturated rings. The van der Waals surface area contributed by atoms with E-state index in [0.29, 0.717) is 12.0 Å². The zero-order valence-electron chi connectivity index (χ0n) is 18.4. The third-order valence-electron chi connectivity index (χ3n) is 5.56. The molecule has 0 aromatic heterocycles. The van der Waals surface area contributed by atoms with Gasteiger partial charge in [-0.1, -0.05) is 43.7 Å². The van der Waals surface area contributed by atoms with Crippen LogP contribution in [0.2, 0.25) is 0 Å². The first-order valence-electron chi connectivity index (χ1n) is 10.6. The second-order valence-electron chi connectivity index (χ2n) is 7.73. The van der Waals surface area contributed by atoms with Crippen LogP contribution in [0.4, 0.5) is 0 Å². The van der Waals surface area contributed by atoms with Gasteiger partial charge in [0.05, 0.1) is 6.54 Å². The smallest absolute Gasteiger partial charge is 0.191 e. The number of hydrogen-bond acceptors (Lipinski definition) is 3. The highest BCUT2D eigenvalue weighted by Crippen LogP contribution is 2.14. The van der Waals surface area contributed by atoms with Crippen LogP contribution in [0.3, 0.4) is 0 Å². The van der Waals surface area contributed by atoms with E-state index in [0.717, 1.165) is 45.2 Å². The molecule has 5 nitrogen and oxygen atoms in total. The molecule has 0 saturated carbocycles. The molecule has 6 heteroatoms. The van der Waals surface area contributed by atoms with Gasteiger partial charge in [-0.15, -0.1) is 24.0 Å². The molecule has 1 saturated heterocycles. The van der Waals surface area contributed by atoms with Gasteiger partial charge in [0.2, 0.25) is 0 Å². The van der Waals surface area contributed by atoms with Crippen LogP contribution in [-0.2, 0) is 0 Å². The zero-order valence-corrected chi connectivity index (χ0v) is 20.7. The predicted molar refractivity (Wildman–Crippen MR) is 132 cm³/mol. The Balaban J connectivity index is 0.00000392. The molecule has 28 heavy (non-hydrogen) atoms. The van der Waals surface area contributed by atoms with E-state index in [-0.39, 0.29) is 24.0 Å². The van der Waals surface area contributed by atoms with Crippen molar-refractivity contribution in [2.75, 3.05) is 52.4 Å². The van der Waals surface area contributed by atoms with Crippen LogP contribution in [0.25, 0.3) is 0 Å². The summed E-state index contributed by atoms with van der Waals surface area (Å²) in [4.78, 5) is 9.93. The number of aliphatic imine (C=N–C) groups is 1. The van der Waals surface area contributed by atoms with Crippen molar-refractivity contribution in [3.63, 3.8) is 0 Å². The average molecular weight is 502 g/mol. The van der Waals surface area contributed by atoms with E-state index in [1.165, 1.54) is 24.2 Å². The van der Waals surface area contributed by atoms with Crippen molar-refractivity contribution in [3.05, 3.63) is 35.4 Å². The molecule has 1 aromatic rings. The van der Waals surface area contributed by atoms with Crippen molar-refractivity contribution in [1.82, 2.24) is 20.4 Å². The molecule has 2 rings (SSSR count). The maximum absolute atomic E-state index is 4.85. The molecule has 0 bridgehead atoms. The minimum atomic E-state index is 0. The van der Waals surface area contributed by atoms with Gasteiger partial charge in [-0.2, -0.15) is 0 Å². The quantitative estimate of drug-likeness (QED) is 0.326. The summed E-state index contributed by atoms with van der Waals surface area (Å²) in [6.07, 6.45) is 0. The molecule has 0 aliphatic carbocycles. The topological polar surface area (TPSA) is 42.9 Å². The van der Waals surface area contributed by atoms with Gasteiger partial charge in [0.1, 0.15) is 0 Å². The molecule has 0 radical (unpaired) electrons. The summed E-state index contributed by atoms with van der Waals surface area (Å²) < 4.78 is 0. The molecule has 160 valence electrons. The van der Waals surface area contributed by atoms with Crippen molar-refractivity contribution in [1.29, 1.82) is 0 Å². The number of aryl methyl sites for hydroxylation is 1. The Morgan fingerprint density at radius 3 is 2.25 bits per heavy atom. The number of guanidine groups is 1. The average Bonchev–Trinajstić information content (AvgIpc) is 2.70. The second kappa shape index (κ2) is 13.4. The van der Waals surface area contributed by atoms with E-state index in [1.807, 2.05) is 0 Å². The molecule has 1 heterocycles. The predicted octanol–water partition coefficient (Wildman–Crippen LogP) is 3.30. The first-order valence-corrected chi connectivity index (χ1v) is 10.6. The number of piperazine rings is 1. The first kappa shape index (κ1) is 25.2. The summed E-state index contributed by atoms with van der Waals surface area (Å²) in [7, 11) is 0. The summed E-state index contributed by atoms with van der Waals surface area (Å²) in [6, 6.07) is 9.30. The van der Waals surface area contributed by atoms with Gasteiger partial charge in [0, 0.05) is 45.3 Å². The molecule has 1 aliphatic heterocycles. The number of halogens is 1. The van der Waals surface area contributed by atoms with Crippen molar-refractivity contribution >= 4 is 29.9 Å². The molecule has 1 aromatic carbocycles. The van der Waals surface area contributed by atoms with Crippen LogP contribution in [-0.4, -0.2) is 74.2 Å². The van der Waals surface area contributed by atoms with Crippen molar-refractivity contribution in [3.8, 4) is 0 Å². The van der Waals surface area contributed by atoms with E-state index in [4.69, 9.17) is 4.99 Å². The number of hydrogen-bond donors (Lipinski definition) is 2. The van der Waals surface area contributed by atoms with Crippen LogP contribution in [0, 0.1) is 6.92 Å². The van der Waals surface area contributed by atoms with Crippen molar-refractivity contribution < 1.29 is 0 Å². The van der Waals surface area contributed by atoms with Gasteiger partial charge in [0.15, 0.2) is 5.96 Å². The largest absolute Gasteiger partial charge is 0.357 e. The third-order valence-corrected chi connectivity index (χ3v) is 5.56. The standard InChI is InChI=1S/C22H39N5.HI/c1-6-23-22(24-16-19(4)21-10-8-18(3)9-11-21)25-17-20(5)27-14-12-26(7-2)13-15-27;/h8-11,19-20H,6-7,12-17H2,1-5H3,(H2,23,24,25);1H. The Bertz CT molecular complexity index is 567. The zero-order chi connectivity index (χ0) is 19.6. The lowest BCUT2D eigenvalue weighted by atomic mass is 10.0. The van der Waals surface area contributed by atoms with Gasteiger partial charge in [-0.3, -0.25) is 9.89 Å². The first-order chi connectivity index (χ1) is 13.0. The fourth-order valence-corrected chi connectivity index (χ4v) is 3.46. The Morgan fingerprint density at radius 1 is 1.04 bits per heavy atom. The minimum absolute atomic E-state index is 0. The maximum Gasteiger partial charge on any atom is 0.191 e. The Hall–Kier alpha value is -0.860. The van der Waals surface area contributed by atoms with Crippen molar-refractivity contribution in [2.24, 2.45) is 4.99 Å².